The number of alkyl halides is 1. The molecule has 0 fully saturated rings. The Hall–Kier alpha value is -0.700. The standard InChI is InChI=1S/C17H15BrCl2O/c1-17(2)9-21-15-4-3-10(7-14(15)17)16(18)11-5-12(19)8-13(20)6-11/h3-8,16H,9H2,1-2H3. The van der Waals surface area contributed by atoms with Gasteiger partial charge in [0.05, 0.1) is 11.4 Å². The van der Waals surface area contributed by atoms with Crippen LogP contribution in [0.25, 0.3) is 0 Å². The topological polar surface area (TPSA) is 9.23 Å². The van der Waals surface area contributed by atoms with Gasteiger partial charge in [-0.1, -0.05) is 59.0 Å². The van der Waals surface area contributed by atoms with Gasteiger partial charge in [-0.25, -0.2) is 0 Å². The predicted octanol–water partition coefficient (Wildman–Crippen LogP) is 6.15. The van der Waals surface area contributed by atoms with E-state index in [4.69, 9.17) is 27.9 Å². The molecule has 1 atom stereocenters. The number of halogens is 3. The first kappa shape index (κ1) is 15.2. The molecule has 1 aliphatic rings. The van der Waals surface area contributed by atoms with E-state index in [2.05, 4.69) is 41.9 Å². The number of rotatable bonds is 2. The lowest BCUT2D eigenvalue weighted by molar-refractivity contribution is 0.291. The van der Waals surface area contributed by atoms with E-state index in [1.54, 1.807) is 6.07 Å². The maximum absolute atomic E-state index is 6.10. The zero-order valence-corrected chi connectivity index (χ0v) is 14.9. The highest BCUT2D eigenvalue weighted by molar-refractivity contribution is 9.09. The molecule has 0 saturated carbocycles. The Morgan fingerprint density at radius 2 is 1.71 bits per heavy atom. The maximum atomic E-state index is 6.10. The van der Waals surface area contributed by atoms with Crippen molar-refractivity contribution < 1.29 is 4.74 Å². The Morgan fingerprint density at radius 3 is 2.38 bits per heavy atom. The molecule has 0 radical (unpaired) electrons. The molecule has 0 bridgehead atoms. The summed E-state index contributed by atoms with van der Waals surface area (Å²) in [5.74, 6) is 0.979. The number of hydrogen-bond donors (Lipinski definition) is 0. The van der Waals surface area contributed by atoms with Crippen molar-refractivity contribution in [1.82, 2.24) is 0 Å². The summed E-state index contributed by atoms with van der Waals surface area (Å²) in [5.41, 5.74) is 3.51. The van der Waals surface area contributed by atoms with Crippen LogP contribution in [0.5, 0.6) is 5.75 Å². The van der Waals surface area contributed by atoms with Crippen molar-refractivity contribution in [2.45, 2.75) is 24.1 Å². The molecule has 0 spiro atoms. The maximum Gasteiger partial charge on any atom is 0.123 e. The van der Waals surface area contributed by atoms with E-state index in [1.165, 1.54) is 11.1 Å². The summed E-state index contributed by atoms with van der Waals surface area (Å²) in [6.07, 6.45) is 0. The summed E-state index contributed by atoms with van der Waals surface area (Å²) in [6, 6.07) is 11.9. The Kier molecular flexibility index (Phi) is 3.98. The van der Waals surface area contributed by atoms with Crippen LogP contribution in [0.2, 0.25) is 10.0 Å². The Morgan fingerprint density at radius 1 is 1.05 bits per heavy atom. The molecule has 21 heavy (non-hydrogen) atoms. The van der Waals surface area contributed by atoms with Crippen LogP contribution in [0.3, 0.4) is 0 Å². The van der Waals surface area contributed by atoms with Crippen LogP contribution in [0, 0.1) is 0 Å². The molecule has 0 N–H and O–H groups in total. The highest BCUT2D eigenvalue weighted by Gasteiger charge is 2.32. The van der Waals surface area contributed by atoms with Crippen LogP contribution in [-0.4, -0.2) is 6.61 Å². The van der Waals surface area contributed by atoms with Crippen molar-refractivity contribution in [3.05, 3.63) is 63.1 Å². The second kappa shape index (κ2) is 5.49. The van der Waals surface area contributed by atoms with Crippen molar-refractivity contribution in [3.63, 3.8) is 0 Å². The fraction of sp³-hybridized carbons (Fsp3) is 0.294. The first-order valence-corrected chi connectivity index (χ1v) is 8.41. The second-order valence-electron chi connectivity index (χ2n) is 5.99. The largest absolute Gasteiger partial charge is 0.492 e. The van der Waals surface area contributed by atoms with Crippen molar-refractivity contribution in [2.75, 3.05) is 6.61 Å². The lowest BCUT2D eigenvalue weighted by Crippen LogP contribution is -2.18. The first-order valence-electron chi connectivity index (χ1n) is 6.74. The van der Waals surface area contributed by atoms with Crippen molar-refractivity contribution in [1.29, 1.82) is 0 Å². The molecule has 2 aromatic carbocycles. The van der Waals surface area contributed by atoms with Gasteiger partial charge in [0.2, 0.25) is 0 Å². The molecular weight excluding hydrogens is 371 g/mol. The SMILES string of the molecule is CC1(C)COc2ccc(C(Br)c3cc(Cl)cc(Cl)c3)cc21. The molecule has 0 saturated heterocycles. The first-order chi connectivity index (χ1) is 9.87. The molecule has 3 rings (SSSR count). The van der Waals surface area contributed by atoms with Crippen LogP contribution in [0.4, 0.5) is 0 Å². The minimum Gasteiger partial charge on any atom is -0.492 e. The second-order valence-corrected chi connectivity index (χ2v) is 7.78. The number of fused-ring (bicyclic) bond motifs is 1. The van der Waals surface area contributed by atoms with Gasteiger partial charge in [0.25, 0.3) is 0 Å². The molecule has 1 unspecified atom stereocenters. The lowest BCUT2D eigenvalue weighted by Gasteiger charge is -2.18. The zero-order chi connectivity index (χ0) is 15.2. The normalized spacial score (nSPS) is 17.2. The Balaban J connectivity index is 2.01. The van der Waals surface area contributed by atoms with E-state index >= 15 is 0 Å². The molecule has 0 aliphatic carbocycles. The number of hydrogen-bond acceptors (Lipinski definition) is 1. The van der Waals surface area contributed by atoms with E-state index in [9.17, 15) is 0 Å². The van der Waals surface area contributed by atoms with E-state index in [-0.39, 0.29) is 10.2 Å². The summed E-state index contributed by atoms with van der Waals surface area (Å²) in [6.45, 7) is 5.12. The third kappa shape index (κ3) is 2.94. The predicted molar refractivity (Wildman–Crippen MR) is 92.2 cm³/mol. The molecular formula is C17H15BrCl2O. The van der Waals surface area contributed by atoms with Gasteiger partial charge in [0.1, 0.15) is 5.75 Å². The summed E-state index contributed by atoms with van der Waals surface area (Å²) in [5, 5.41) is 1.29. The summed E-state index contributed by atoms with van der Waals surface area (Å²) in [7, 11) is 0. The van der Waals surface area contributed by atoms with Crippen LogP contribution in [-0.2, 0) is 5.41 Å². The van der Waals surface area contributed by atoms with Gasteiger partial charge in [-0.3, -0.25) is 0 Å². The smallest absolute Gasteiger partial charge is 0.123 e. The van der Waals surface area contributed by atoms with Crippen molar-refractivity contribution in [2.24, 2.45) is 0 Å². The fourth-order valence-corrected chi connectivity index (χ4v) is 3.70. The Labute approximate surface area is 143 Å². The van der Waals surface area contributed by atoms with Gasteiger partial charge in [0, 0.05) is 21.0 Å². The number of ether oxygens (including phenoxy) is 1. The summed E-state index contributed by atoms with van der Waals surface area (Å²) < 4.78 is 5.73. The summed E-state index contributed by atoms with van der Waals surface area (Å²) in [4.78, 5) is 0.0513. The molecule has 1 heterocycles. The minimum absolute atomic E-state index is 0.0457. The lowest BCUT2D eigenvalue weighted by atomic mass is 9.85. The van der Waals surface area contributed by atoms with E-state index in [0.717, 1.165) is 17.9 Å². The molecule has 1 nitrogen and oxygen atoms in total. The van der Waals surface area contributed by atoms with Crippen LogP contribution in [0.1, 0.15) is 35.4 Å². The minimum atomic E-state index is 0.0457. The zero-order valence-electron chi connectivity index (χ0n) is 11.8. The third-order valence-corrected chi connectivity index (χ3v) is 5.29. The molecule has 2 aromatic rings. The average molecular weight is 386 g/mol. The van der Waals surface area contributed by atoms with E-state index in [1.807, 2.05) is 18.2 Å². The quantitative estimate of drug-likeness (QED) is 0.563. The highest BCUT2D eigenvalue weighted by Crippen LogP contribution is 2.42. The fourth-order valence-electron chi connectivity index (χ4n) is 2.61. The molecule has 0 aromatic heterocycles. The van der Waals surface area contributed by atoms with Crippen LogP contribution >= 0.6 is 39.1 Å². The van der Waals surface area contributed by atoms with Crippen molar-refractivity contribution in [3.8, 4) is 5.75 Å². The van der Waals surface area contributed by atoms with Gasteiger partial charge in [0.15, 0.2) is 0 Å². The van der Waals surface area contributed by atoms with E-state index in [0.29, 0.717) is 10.0 Å². The van der Waals surface area contributed by atoms with Crippen LogP contribution < -0.4 is 4.74 Å². The highest BCUT2D eigenvalue weighted by atomic mass is 79.9. The molecule has 0 amide bonds. The molecule has 1 aliphatic heterocycles. The van der Waals surface area contributed by atoms with Gasteiger partial charge in [-0.15, -0.1) is 0 Å². The van der Waals surface area contributed by atoms with Gasteiger partial charge >= 0.3 is 0 Å². The average Bonchev–Trinajstić information content (AvgIpc) is 2.72. The van der Waals surface area contributed by atoms with Gasteiger partial charge < -0.3 is 4.74 Å². The van der Waals surface area contributed by atoms with Gasteiger partial charge in [-0.2, -0.15) is 0 Å². The molecule has 110 valence electrons. The Bertz CT molecular complexity index is 677. The third-order valence-electron chi connectivity index (χ3n) is 3.79. The monoisotopic (exact) mass is 384 g/mol. The van der Waals surface area contributed by atoms with Crippen LogP contribution in [0.15, 0.2) is 36.4 Å². The van der Waals surface area contributed by atoms with Crippen molar-refractivity contribution >= 4 is 39.1 Å². The van der Waals surface area contributed by atoms with Gasteiger partial charge in [-0.05, 0) is 41.5 Å². The molecule has 4 heteroatoms. The summed E-state index contributed by atoms with van der Waals surface area (Å²) >= 11 is 15.9. The number of benzene rings is 2. The van der Waals surface area contributed by atoms with E-state index < -0.39 is 0 Å².